The van der Waals surface area contributed by atoms with Crippen LogP contribution in [0.3, 0.4) is 0 Å². The molecule has 2 amide bonds. The summed E-state index contributed by atoms with van der Waals surface area (Å²) in [6.07, 6.45) is 1.20. The standard InChI is InChI=1S/C43H58N4O6/c1-25(17-28-13-10-9-11-14-28)44-41(50)31-18-30(19-33(20-31)46(6)7)34-16-12-15-29(40(34)52-8)23-47-39(38(27(3)49)37(24-48)53-47)42(51)45-36-22-32-21-35(26(36)2)43(32,4)5/h9-16,18-20,25-27,32,35-39,48-49H,17,21-24H2,1-8H3,(H,44,50)(H,45,51)/t25-,26+,27+,32-,35+,36+,37+,38+,39+/m1/s1. The Morgan fingerprint density at radius 2 is 1.79 bits per heavy atom. The number of hydrogen-bond acceptors (Lipinski definition) is 8. The number of nitrogens with zero attached hydrogens (tertiary/aromatic N) is 2. The van der Waals surface area contributed by atoms with Gasteiger partial charge in [-0.15, -0.1) is 0 Å². The smallest absolute Gasteiger partial charge is 0.251 e. The van der Waals surface area contributed by atoms with Gasteiger partial charge in [-0.25, -0.2) is 0 Å². The number of fused-ring (bicyclic) bond motifs is 2. The molecule has 3 saturated carbocycles. The second kappa shape index (κ2) is 15.8. The maximum absolute atomic E-state index is 14.2. The van der Waals surface area contributed by atoms with E-state index in [2.05, 4.69) is 43.5 Å². The van der Waals surface area contributed by atoms with Gasteiger partial charge >= 0.3 is 0 Å². The van der Waals surface area contributed by atoms with E-state index < -0.39 is 24.2 Å². The second-order valence-corrected chi connectivity index (χ2v) is 16.5. The molecule has 0 aromatic heterocycles. The lowest BCUT2D eigenvalue weighted by Gasteiger charge is -2.62. The van der Waals surface area contributed by atoms with Crippen molar-refractivity contribution in [2.75, 3.05) is 32.7 Å². The molecule has 0 radical (unpaired) electrons. The summed E-state index contributed by atoms with van der Waals surface area (Å²) in [5, 5.41) is 29.4. The van der Waals surface area contributed by atoms with Gasteiger partial charge in [-0.05, 0) is 85.6 Å². The molecule has 1 saturated heterocycles. The van der Waals surface area contributed by atoms with Gasteiger partial charge < -0.3 is 30.5 Å². The van der Waals surface area contributed by atoms with E-state index >= 15 is 0 Å². The molecule has 4 N–H and O–H groups in total. The summed E-state index contributed by atoms with van der Waals surface area (Å²) >= 11 is 0. The molecule has 3 aromatic rings. The molecule has 2 bridgehead atoms. The number of nitrogens with one attached hydrogen (secondary N) is 2. The van der Waals surface area contributed by atoms with Crippen LogP contribution in [0.1, 0.15) is 68.9 Å². The molecule has 10 nitrogen and oxygen atoms in total. The molecule has 4 aliphatic rings. The minimum Gasteiger partial charge on any atom is -0.496 e. The molecule has 3 aromatic carbocycles. The maximum Gasteiger partial charge on any atom is 0.251 e. The average Bonchev–Trinajstić information content (AvgIpc) is 3.50. The van der Waals surface area contributed by atoms with Crippen LogP contribution in [-0.4, -0.2) is 85.2 Å². The number of aliphatic hydroxyl groups is 2. The number of anilines is 1. The Hall–Kier alpha value is -3.96. The van der Waals surface area contributed by atoms with Crippen LogP contribution in [-0.2, 0) is 22.6 Å². The van der Waals surface area contributed by atoms with Gasteiger partial charge in [0.15, 0.2) is 0 Å². The molecule has 3 aliphatic carbocycles. The summed E-state index contributed by atoms with van der Waals surface area (Å²) in [5.74, 6) is 1.05. The van der Waals surface area contributed by atoms with Crippen LogP contribution in [0.5, 0.6) is 5.75 Å². The Morgan fingerprint density at radius 3 is 2.42 bits per heavy atom. The number of ether oxygens (including phenoxy) is 1. The lowest BCUT2D eigenvalue weighted by atomic mass is 9.45. The zero-order valence-electron chi connectivity index (χ0n) is 32.5. The number of para-hydroxylation sites is 1. The Balaban J connectivity index is 1.27. The van der Waals surface area contributed by atoms with Gasteiger partial charge in [-0.1, -0.05) is 69.3 Å². The maximum atomic E-state index is 14.2. The molecule has 9 atom stereocenters. The fourth-order valence-electron chi connectivity index (χ4n) is 9.31. The highest BCUT2D eigenvalue weighted by Crippen LogP contribution is 2.61. The number of rotatable bonds is 13. The van der Waals surface area contributed by atoms with Crippen molar-refractivity contribution >= 4 is 17.5 Å². The first-order chi connectivity index (χ1) is 25.2. The van der Waals surface area contributed by atoms with Crippen LogP contribution in [0.4, 0.5) is 5.69 Å². The highest BCUT2D eigenvalue weighted by Gasteiger charge is 2.57. The molecule has 0 unspecified atom stereocenters. The van der Waals surface area contributed by atoms with Crippen LogP contribution >= 0.6 is 0 Å². The fraction of sp³-hybridized carbons (Fsp3) is 0.535. The van der Waals surface area contributed by atoms with Crippen LogP contribution in [0.2, 0.25) is 0 Å². The van der Waals surface area contributed by atoms with Crippen molar-refractivity contribution in [1.82, 2.24) is 15.7 Å². The molecule has 10 heteroatoms. The molecule has 1 aliphatic heterocycles. The van der Waals surface area contributed by atoms with Crippen molar-refractivity contribution in [1.29, 1.82) is 0 Å². The largest absolute Gasteiger partial charge is 0.496 e. The van der Waals surface area contributed by atoms with Gasteiger partial charge in [-0.3, -0.25) is 14.4 Å². The number of benzene rings is 3. The van der Waals surface area contributed by atoms with E-state index in [-0.39, 0.29) is 42.5 Å². The molecule has 1 heterocycles. The summed E-state index contributed by atoms with van der Waals surface area (Å²) in [5.41, 5.74) is 5.17. The van der Waals surface area contributed by atoms with Crippen molar-refractivity contribution in [3.63, 3.8) is 0 Å². The van der Waals surface area contributed by atoms with Crippen molar-refractivity contribution in [2.24, 2.45) is 29.1 Å². The predicted octanol–water partition coefficient (Wildman–Crippen LogP) is 5.45. The van der Waals surface area contributed by atoms with Gasteiger partial charge in [-0.2, -0.15) is 5.06 Å². The summed E-state index contributed by atoms with van der Waals surface area (Å²) in [7, 11) is 5.49. The number of amides is 2. The molecule has 7 rings (SSSR count). The first-order valence-corrected chi connectivity index (χ1v) is 19.1. The summed E-state index contributed by atoms with van der Waals surface area (Å²) < 4.78 is 6.07. The first-order valence-electron chi connectivity index (χ1n) is 19.1. The van der Waals surface area contributed by atoms with Crippen LogP contribution in [0, 0.1) is 29.1 Å². The predicted molar refractivity (Wildman–Crippen MR) is 207 cm³/mol. The quantitative estimate of drug-likeness (QED) is 0.184. The molecular weight excluding hydrogens is 668 g/mol. The first kappa shape index (κ1) is 38.8. The number of methoxy groups -OCH3 is 1. The average molecular weight is 727 g/mol. The molecule has 286 valence electrons. The van der Waals surface area contributed by atoms with Gasteiger partial charge in [0.1, 0.15) is 17.9 Å². The zero-order valence-corrected chi connectivity index (χ0v) is 32.5. The Labute approximate surface area is 314 Å². The summed E-state index contributed by atoms with van der Waals surface area (Å²) in [6, 6.07) is 20.8. The third-order valence-corrected chi connectivity index (χ3v) is 12.5. The monoisotopic (exact) mass is 726 g/mol. The number of aliphatic hydroxyl groups excluding tert-OH is 2. The highest BCUT2D eigenvalue weighted by atomic mass is 16.7. The van der Waals surface area contributed by atoms with E-state index in [0.717, 1.165) is 34.4 Å². The van der Waals surface area contributed by atoms with E-state index in [1.807, 2.05) is 80.5 Å². The van der Waals surface area contributed by atoms with Gasteiger partial charge in [0.05, 0.1) is 26.4 Å². The lowest BCUT2D eigenvalue weighted by molar-refractivity contribution is -0.183. The molecular formula is C43H58N4O6. The number of carbonyl (C=O) groups is 2. The highest BCUT2D eigenvalue weighted by molar-refractivity contribution is 5.97. The van der Waals surface area contributed by atoms with Crippen LogP contribution < -0.4 is 20.3 Å². The zero-order chi connectivity index (χ0) is 38.2. The van der Waals surface area contributed by atoms with E-state index in [0.29, 0.717) is 35.5 Å². The third kappa shape index (κ3) is 7.83. The topological polar surface area (TPSA) is 124 Å². The normalized spacial score (nSPS) is 27.3. The van der Waals surface area contributed by atoms with Crippen molar-refractivity contribution in [3.8, 4) is 16.9 Å². The Morgan fingerprint density at radius 1 is 1.06 bits per heavy atom. The van der Waals surface area contributed by atoms with Gasteiger partial charge in [0, 0.05) is 54.5 Å². The third-order valence-electron chi connectivity index (χ3n) is 12.5. The van der Waals surface area contributed by atoms with Crippen molar-refractivity contribution < 1.29 is 29.4 Å². The number of hydroxylamine groups is 2. The summed E-state index contributed by atoms with van der Waals surface area (Å²) in [4.78, 5) is 36.1. The minimum absolute atomic E-state index is 0.0403. The molecule has 4 fully saturated rings. The van der Waals surface area contributed by atoms with Crippen molar-refractivity contribution in [2.45, 2.75) is 90.8 Å². The molecule has 53 heavy (non-hydrogen) atoms. The van der Waals surface area contributed by atoms with E-state index in [9.17, 15) is 19.8 Å². The van der Waals surface area contributed by atoms with E-state index in [1.165, 1.54) is 6.42 Å². The van der Waals surface area contributed by atoms with E-state index in [1.54, 1.807) is 19.1 Å². The van der Waals surface area contributed by atoms with Crippen LogP contribution in [0.15, 0.2) is 66.7 Å². The number of hydrogen-bond donors (Lipinski definition) is 4. The fourth-order valence-corrected chi connectivity index (χ4v) is 9.31. The molecule has 0 spiro atoms. The van der Waals surface area contributed by atoms with Crippen molar-refractivity contribution in [3.05, 3.63) is 83.4 Å². The minimum atomic E-state index is -0.897. The number of carbonyl (C=O) groups excluding carboxylic acids is 2. The summed E-state index contributed by atoms with van der Waals surface area (Å²) in [6.45, 7) is 10.4. The Kier molecular flexibility index (Phi) is 11.5. The SMILES string of the molecule is COc1c(CN2O[C@@H](CO)[C@H]([C@H](C)O)[C@H]2C(=O)N[C@H]2C[C@H]3C[C@@H]([C@@H]2C)C3(C)C)cccc1-c1cc(C(=O)N[C@H](C)Cc2ccccc2)cc(N(C)C)c1. The Bertz CT molecular complexity index is 1760. The van der Waals surface area contributed by atoms with Crippen LogP contribution in [0.25, 0.3) is 11.1 Å². The lowest BCUT2D eigenvalue weighted by Crippen LogP contribution is -2.62. The van der Waals surface area contributed by atoms with Gasteiger partial charge in [0.2, 0.25) is 5.91 Å². The second-order valence-electron chi connectivity index (χ2n) is 16.5. The van der Waals surface area contributed by atoms with E-state index in [4.69, 9.17) is 9.57 Å². The van der Waals surface area contributed by atoms with Gasteiger partial charge in [0.25, 0.3) is 5.91 Å².